The molecule has 1 saturated heterocycles. The molecule has 5 aromatic rings. The quantitative estimate of drug-likeness (QED) is 0.125. The van der Waals surface area contributed by atoms with E-state index in [1.165, 1.54) is 4.90 Å². The van der Waals surface area contributed by atoms with E-state index in [0.29, 0.717) is 23.4 Å². The number of anilines is 2. The summed E-state index contributed by atoms with van der Waals surface area (Å²) >= 11 is 1.59. The van der Waals surface area contributed by atoms with Crippen LogP contribution in [0.1, 0.15) is 40.7 Å². The number of benzene rings is 3. The van der Waals surface area contributed by atoms with Gasteiger partial charge in [-0.25, -0.2) is 9.97 Å². The predicted molar refractivity (Wildman–Crippen MR) is 199 cm³/mol. The van der Waals surface area contributed by atoms with Crippen LogP contribution in [0, 0.1) is 6.92 Å². The summed E-state index contributed by atoms with van der Waals surface area (Å²) in [6.45, 7) is 3.13. The first-order valence-electron chi connectivity index (χ1n) is 17.1. The molecule has 2 N–H and O–H groups in total. The fourth-order valence-corrected chi connectivity index (χ4v) is 7.47. The number of thiazole rings is 1. The number of aryl methyl sites for hydroxylation is 1. The molecule has 266 valence electrons. The Balaban J connectivity index is 0.863. The number of amides is 4. The molecule has 7 rings (SSSR count). The lowest BCUT2D eigenvalue weighted by Crippen LogP contribution is -2.52. The van der Waals surface area contributed by atoms with Crippen molar-refractivity contribution >= 4 is 56.7 Å². The van der Waals surface area contributed by atoms with E-state index in [4.69, 9.17) is 14.5 Å². The summed E-state index contributed by atoms with van der Waals surface area (Å²) in [5.74, 6) is 0.344. The van der Waals surface area contributed by atoms with Gasteiger partial charge in [-0.1, -0.05) is 18.2 Å². The number of fused-ring (bicyclic) bond motifs is 2. The minimum absolute atomic E-state index is 0.159. The van der Waals surface area contributed by atoms with Crippen molar-refractivity contribution in [2.45, 2.75) is 38.8 Å². The summed E-state index contributed by atoms with van der Waals surface area (Å²) in [6, 6.07) is 20.7. The molecule has 0 spiro atoms. The monoisotopic (exact) mass is 718 g/mol. The van der Waals surface area contributed by atoms with Gasteiger partial charge in [-0.3, -0.25) is 24.5 Å². The molecule has 2 aromatic heterocycles. The van der Waals surface area contributed by atoms with Crippen molar-refractivity contribution in [1.29, 1.82) is 0 Å². The van der Waals surface area contributed by atoms with Crippen LogP contribution in [-0.4, -0.2) is 78.5 Å². The molecular formula is C39H38N6O6S. The lowest BCUT2D eigenvalue weighted by Gasteiger charge is -2.29. The smallest absolute Gasteiger partial charge is 0.255 e. The fraction of sp³-hybridized carbons (Fsp3) is 0.282. The Hall–Kier alpha value is -5.66. The third-order valence-corrected chi connectivity index (χ3v) is 10.2. The van der Waals surface area contributed by atoms with Gasteiger partial charge < -0.3 is 24.6 Å². The molecule has 4 amide bonds. The Morgan fingerprint density at radius 1 is 0.981 bits per heavy atom. The summed E-state index contributed by atoms with van der Waals surface area (Å²) < 4.78 is 12.4. The highest BCUT2D eigenvalue weighted by Gasteiger charge is 2.39. The maximum absolute atomic E-state index is 12.9. The van der Waals surface area contributed by atoms with Crippen LogP contribution in [0.5, 0.6) is 5.75 Å². The molecule has 0 aliphatic carbocycles. The summed E-state index contributed by atoms with van der Waals surface area (Å²) in [7, 11) is 3.94. The van der Waals surface area contributed by atoms with Crippen LogP contribution >= 0.6 is 11.3 Å². The van der Waals surface area contributed by atoms with E-state index in [0.717, 1.165) is 48.9 Å². The van der Waals surface area contributed by atoms with Crippen molar-refractivity contribution in [3.63, 3.8) is 0 Å². The highest BCUT2D eigenvalue weighted by Crippen LogP contribution is 2.35. The lowest BCUT2D eigenvalue weighted by molar-refractivity contribution is -0.137. The van der Waals surface area contributed by atoms with E-state index < -0.39 is 11.9 Å². The van der Waals surface area contributed by atoms with E-state index in [9.17, 15) is 19.2 Å². The SMILES string of the molecule is Cc1cc(-c2ccc(N(C)C)nc2)ccc1-c1nc2ccc(NC(=O)CCOCCOc3ccc4c(c3)CN(C3CCC(=O)NC3=O)C4=O)cc2s1. The third kappa shape index (κ3) is 7.51. The Morgan fingerprint density at radius 2 is 1.81 bits per heavy atom. The number of hydrogen-bond donors (Lipinski definition) is 2. The fourth-order valence-electron chi connectivity index (χ4n) is 6.37. The number of rotatable bonds is 12. The van der Waals surface area contributed by atoms with Crippen molar-refractivity contribution in [3.8, 4) is 27.4 Å². The van der Waals surface area contributed by atoms with Crippen molar-refractivity contribution in [3.05, 3.63) is 89.6 Å². The standard InChI is InChI=1S/C39H38N6O6S/c1-23-18-24(25-5-12-34(40-21-25)44(2)3)4-8-29(23)38-42-31-10-6-27(20-33(31)52-38)41-36(47)14-15-50-16-17-51-28-7-9-30-26(19-28)22-45(39(30)49)32-11-13-35(46)43-37(32)48/h4-10,12,18-21,32H,11,13-17,22H2,1-3H3,(H,41,47)(H,43,46,48). The number of hydrogen-bond acceptors (Lipinski definition) is 10. The van der Waals surface area contributed by atoms with Gasteiger partial charge >= 0.3 is 0 Å². The molecular weight excluding hydrogens is 681 g/mol. The molecule has 2 aliphatic rings. The average molecular weight is 719 g/mol. The number of ether oxygens (including phenoxy) is 2. The molecule has 1 unspecified atom stereocenters. The number of piperidine rings is 1. The van der Waals surface area contributed by atoms with Gasteiger partial charge in [-0.15, -0.1) is 11.3 Å². The second-order valence-corrected chi connectivity index (χ2v) is 14.0. The first kappa shape index (κ1) is 34.8. The molecule has 13 heteroatoms. The normalized spacial score (nSPS) is 15.5. The summed E-state index contributed by atoms with van der Waals surface area (Å²) in [5.41, 5.74) is 7.20. The summed E-state index contributed by atoms with van der Waals surface area (Å²) in [4.78, 5) is 62.2. The maximum atomic E-state index is 12.9. The maximum Gasteiger partial charge on any atom is 0.255 e. The molecule has 4 heterocycles. The number of imide groups is 1. The van der Waals surface area contributed by atoms with Crippen LogP contribution in [0.15, 0.2) is 72.9 Å². The summed E-state index contributed by atoms with van der Waals surface area (Å²) in [5, 5.41) is 6.18. The molecule has 0 saturated carbocycles. The van der Waals surface area contributed by atoms with Crippen molar-refractivity contribution in [2.24, 2.45) is 0 Å². The predicted octanol–water partition coefficient (Wildman–Crippen LogP) is 5.58. The summed E-state index contributed by atoms with van der Waals surface area (Å²) in [6.07, 6.45) is 2.60. The largest absolute Gasteiger partial charge is 0.491 e. The van der Waals surface area contributed by atoms with Gasteiger partial charge in [-0.05, 0) is 78.6 Å². The Morgan fingerprint density at radius 3 is 2.58 bits per heavy atom. The van der Waals surface area contributed by atoms with Crippen molar-refractivity contribution in [2.75, 3.05) is 44.1 Å². The van der Waals surface area contributed by atoms with Crippen molar-refractivity contribution in [1.82, 2.24) is 20.2 Å². The molecule has 0 radical (unpaired) electrons. The number of pyridine rings is 1. The number of nitrogens with zero attached hydrogens (tertiary/aromatic N) is 4. The van der Waals surface area contributed by atoms with Gasteiger partial charge in [-0.2, -0.15) is 0 Å². The Labute approximate surface area is 304 Å². The highest BCUT2D eigenvalue weighted by molar-refractivity contribution is 7.21. The van der Waals surface area contributed by atoms with Crippen LogP contribution in [0.2, 0.25) is 0 Å². The minimum atomic E-state index is -0.661. The molecule has 52 heavy (non-hydrogen) atoms. The van der Waals surface area contributed by atoms with Gasteiger partial charge in [0.1, 0.15) is 29.2 Å². The van der Waals surface area contributed by atoms with Gasteiger partial charge in [0, 0.05) is 55.6 Å². The van der Waals surface area contributed by atoms with E-state index in [1.807, 2.05) is 49.5 Å². The van der Waals surface area contributed by atoms with Gasteiger partial charge in [0.25, 0.3) is 5.91 Å². The molecule has 1 fully saturated rings. The van der Waals surface area contributed by atoms with E-state index in [1.54, 1.807) is 29.5 Å². The van der Waals surface area contributed by atoms with Crippen molar-refractivity contribution < 1.29 is 28.7 Å². The van der Waals surface area contributed by atoms with Crippen LogP contribution in [0.3, 0.4) is 0 Å². The molecule has 0 bridgehead atoms. The zero-order valence-corrected chi connectivity index (χ0v) is 29.9. The molecule has 3 aromatic carbocycles. The number of carbonyl (C=O) groups is 4. The lowest BCUT2D eigenvalue weighted by atomic mass is 10.0. The molecule has 2 aliphatic heterocycles. The van der Waals surface area contributed by atoms with E-state index in [2.05, 4.69) is 46.8 Å². The number of nitrogens with one attached hydrogen (secondary N) is 2. The second-order valence-electron chi connectivity index (χ2n) is 13.0. The van der Waals surface area contributed by atoms with Gasteiger partial charge in [0.05, 0.1) is 29.9 Å². The minimum Gasteiger partial charge on any atom is -0.491 e. The van der Waals surface area contributed by atoms with Gasteiger partial charge in [0.2, 0.25) is 17.7 Å². The second kappa shape index (κ2) is 14.9. The highest BCUT2D eigenvalue weighted by atomic mass is 32.1. The Bertz CT molecular complexity index is 2180. The third-order valence-electron chi connectivity index (χ3n) is 9.13. The first-order chi connectivity index (χ1) is 25.1. The Kier molecular flexibility index (Phi) is 9.97. The molecule has 1 atom stereocenters. The topological polar surface area (TPSA) is 143 Å². The first-order valence-corrected chi connectivity index (χ1v) is 17.9. The van der Waals surface area contributed by atoms with E-state index >= 15 is 0 Å². The van der Waals surface area contributed by atoms with Crippen LogP contribution < -0.4 is 20.3 Å². The number of aromatic nitrogens is 2. The van der Waals surface area contributed by atoms with E-state index in [-0.39, 0.29) is 56.9 Å². The number of carbonyl (C=O) groups excluding carboxylic acids is 4. The zero-order valence-electron chi connectivity index (χ0n) is 29.1. The van der Waals surface area contributed by atoms with Crippen LogP contribution in [0.4, 0.5) is 11.5 Å². The zero-order chi connectivity index (χ0) is 36.4. The average Bonchev–Trinajstić information content (AvgIpc) is 3.69. The van der Waals surface area contributed by atoms with Crippen LogP contribution in [0.25, 0.3) is 31.9 Å². The van der Waals surface area contributed by atoms with Crippen LogP contribution in [-0.2, 0) is 25.7 Å². The molecule has 12 nitrogen and oxygen atoms in total. The van der Waals surface area contributed by atoms with Gasteiger partial charge in [0.15, 0.2) is 0 Å².